The van der Waals surface area contributed by atoms with Crippen molar-refractivity contribution in [1.29, 1.82) is 0 Å². The minimum absolute atomic E-state index is 0.565. The third-order valence-corrected chi connectivity index (χ3v) is 5.09. The standard InChI is InChI=1S/C17H20N6O2S/c1-12-5-3-4-6-14(12)23-16(22-7-9-24-10-8-22)19-20-17(23)26-11-15-18-13(2)25-21-15/h3-6H,7-11H2,1-2H3. The van der Waals surface area contributed by atoms with Gasteiger partial charge in [0.05, 0.1) is 24.7 Å². The van der Waals surface area contributed by atoms with Crippen LogP contribution in [0.5, 0.6) is 0 Å². The van der Waals surface area contributed by atoms with Gasteiger partial charge in [-0.15, -0.1) is 10.2 Å². The Labute approximate surface area is 155 Å². The molecule has 1 aliphatic rings. The van der Waals surface area contributed by atoms with Crippen LogP contribution in [0.3, 0.4) is 0 Å². The van der Waals surface area contributed by atoms with Gasteiger partial charge in [-0.1, -0.05) is 35.1 Å². The maximum absolute atomic E-state index is 5.47. The van der Waals surface area contributed by atoms with Gasteiger partial charge in [0.1, 0.15) is 0 Å². The summed E-state index contributed by atoms with van der Waals surface area (Å²) in [5.74, 6) is 2.63. The number of rotatable bonds is 5. The highest BCUT2D eigenvalue weighted by Gasteiger charge is 2.22. The van der Waals surface area contributed by atoms with E-state index in [-0.39, 0.29) is 0 Å². The molecule has 0 atom stereocenters. The summed E-state index contributed by atoms with van der Waals surface area (Å²) in [4.78, 5) is 6.47. The molecule has 2 aromatic heterocycles. The highest BCUT2D eigenvalue weighted by Crippen LogP contribution is 2.30. The molecule has 1 fully saturated rings. The smallest absolute Gasteiger partial charge is 0.232 e. The fourth-order valence-corrected chi connectivity index (χ4v) is 3.66. The van der Waals surface area contributed by atoms with Crippen LogP contribution in [-0.2, 0) is 10.5 Å². The molecule has 1 saturated heterocycles. The van der Waals surface area contributed by atoms with Crippen LogP contribution in [0, 0.1) is 13.8 Å². The van der Waals surface area contributed by atoms with Crippen molar-refractivity contribution in [3.05, 3.63) is 41.5 Å². The number of aryl methyl sites for hydroxylation is 2. The molecule has 0 radical (unpaired) electrons. The second-order valence-electron chi connectivity index (χ2n) is 6.02. The molecule has 0 saturated carbocycles. The van der Waals surface area contributed by atoms with E-state index in [9.17, 15) is 0 Å². The van der Waals surface area contributed by atoms with Crippen molar-refractivity contribution in [2.75, 3.05) is 31.2 Å². The predicted octanol–water partition coefficient (Wildman–Crippen LogP) is 2.40. The highest BCUT2D eigenvalue weighted by molar-refractivity contribution is 7.98. The first-order valence-corrected chi connectivity index (χ1v) is 9.47. The van der Waals surface area contributed by atoms with E-state index < -0.39 is 0 Å². The van der Waals surface area contributed by atoms with Gasteiger partial charge in [-0.2, -0.15) is 4.98 Å². The van der Waals surface area contributed by atoms with Crippen molar-refractivity contribution in [3.63, 3.8) is 0 Å². The van der Waals surface area contributed by atoms with Crippen molar-refractivity contribution >= 4 is 17.7 Å². The Morgan fingerprint density at radius 3 is 2.65 bits per heavy atom. The van der Waals surface area contributed by atoms with Gasteiger partial charge in [-0.05, 0) is 18.6 Å². The number of hydrogen-bond donors (Lipinski definition) is 0. The van der Waals surface area contributed by atoms with Gasteiger partial charge in [-0.25, -0.2) is 0 Å². The molecule has 3 aromatic rings. The molecule has 8 nitrogen and oxygen atoms in total. The van der Waals surface area contributed by atoms with Crippen LogP contribution in [-0.4, -0.2) is 51.2 Å². The Balaban J connectivity index is 1.69. The lowest BCUT2D eigenvalue weighted by Gasteiger charge is -2.28. The van der Waals surface area contributed by atoms with Crippen LogP contribution in [0.4, 0.5) is 5.95 Å². The lowest BCUT2D eigenvalue weighted by Crippen LogP contribution is -2.38. The zero-order chi connectivity index (χ0) is 17.9. The number of hydrogen-bond acceptors (Lipinski definition) is 8. The normalized spacial score (nSPS) is 14.8. The number of nitrogens with zero attached hydrogens (tertiary/aromatic N) is 6. The molecular formula is C17H20N6O2S. The lowest BCUT2D eigenvalue weighted by molar-refractivity contribution is 0.122. The van der Waals surface area contributed by atoms with Crippen LogP contribution in [0.25, 0.3) is 5.69 Å². The summed E-state index contributed by atoms with van der Waals surface area (Å²) in [6.45, 7) is 6.89. The molecule has 0 unspecified atom stereocenters. The van der Waals surface area contributed by atoms with E-state index in [2.05, 4.69) is 48.9 Å². The minimum Gasteiger partial charge on any atom is -0.378 e. The zero-order valence-electron chi connectivity index (χ0n) is 14.8. The molecule has 1 aliphatic heterocycles. The van der Waals surface area contributed by atoms with E-state index >= 15 is 0 Å². The van der Waals surface area contributed by atoms with Crippen molar-refractivity contribution < 1.29 is 9.26 Å². The number of para-hydroxylation sites is 1. The van der Waals surface area contributed by atoms with E-state index in [0.29, 0.717) is 30.7 Å². The van der Waals surface area contributed by atoms with Crippen LogP contribution < -0.4 is 4.90 Å². The molecule has 0 bridgehead atoms. The molecule has 0 amide bonds. The van der Waals surface area contributed by atoms with Gasteiger partial charge >= 0.3 is 0 Å². The first-order chi connectivity index (χ1) is 12.7. The summed E-state index contributed by atoms with van der Waals surface area (Å²) >= 11 is 1.55. The van der Waals surface area contributed by atoms with E-state index in [1.165, 1.54) is 5.56 Å². The second kappa shape index (κ2) is 7.46. The molecule has 0 spiro atoms. The summed E-state index contributed by atoms with van der Waals surface area (Å²) in [7, 11) is 0. The Kier molecular flexibility index (Phi) is 4.89. The first-order valence-electron chi connectivity index (χ1n) is 8.48. The molecule has 136 valence electrons. The maximum Gasteiger partial charge on any atom is 0.232 e. The lowest BCUT2D eigenvalue weighted by atomic mass is 10.2. The summed E-state index contributed by atoms with van der Waals surface area (Å²) < 4.78 is 12.6. The molecule has 4 rings (SSSR count). The Morgan fingerprint density at radius 2 is 1.92 bits per heavy atom. The second-order valence-corrected chi connectivity index (χ2v) is 6.96. The predicted molar refractivity (Wildman–Crippen MR) is 97.7 cm³/mol. The zero-order valence-corrected chi connectivity index (χ0v) is 15.6. The van der Waals surface area contributed by atoms with Gasteiger partial charge in [0, 0.05) is 20.0 Å². The minimum atomic E-state index is 0.565. The third kappa shape index (κ3) is 3.45. The van der Waals surface area contributed by atoms with Crippen molar-refractivity contribution in [3.8, 4) is 5.69 Å². The Bertz CT molecular complexity index is 887. The molecule has 9 heteroatoms. The van der Waals surface area contributed by atoms with Gasteiger partial charge in [0.25, 0.3) is 0 Å². The molecule has 3 heterocycles. The third-order valence-electron chi connectivity index (χ3n) is 4.17. The fourth-order valence-electron chi connectivity index (χ4n) is 2.88. The number of thioether (sulfide) groups is 1. The van der Waals surface area contributed by atoms with Gasteiger partial charge in [0.2, 0.25) is 11.8 Å². The largest absolute Gasteiger partial charge is 0.378 e. The van der Waals surface area contributed by atoms with Crippen LogP contribution in [0.2, 0.25) is 0 Å². The molecule has 26 heavy (non-hydrogen) atoms. The SMILES string of the molecule is Cc1nc(CSc2nnc(N3CCOCC3)n2-c2ccccc2C)no1. The highest BCUT2D eigenvalue weighted by atomic mass is 32.2. The molecule has 0 aliphatic carbocycles. The Morgan fingerprint density at radius 1 is 1.12 bits per heavy atom. The van der Waals surface area contributed by atoms with Crippen LogP contribution in [0.1, 0.15) is 17.3 Å². The summed E-state index contributed by atoms with van der Waals surface area (Å²) in [6.07, 6.45) is 0. The summed E-state index contributed by atoms with van der Waals surface area (Å²) in [6, 6.07) is 8.25. The van der Waals surface area contributed by atoms with Crippen molar-refractivity contribution in [2.24, 2.45) is 0 Å². The number of anilines is 1. The summed E-state index contributed by atoms with van der Waals surface area (Å²) in [5, 5.41) is 13.7. The maximum atomic E-state index is 5.47. The number of aromatic nitrogens is 5. The van der Waals surface area contributed by atoms with E-state index in [1.54, 1.807) is 18.7 Å². The van der Waals surface area contributed by atoms with Gasteiger partial charge in [0.15, 0.2) is 11.0 Å². The van der Waals surface area contributed by atoms with Crippen molar-refractivity contribution in [2.45, 2.75) is 24.8 Å². The molecular weight excluding hydrogens is 352 g/mol. The average molecular weight is 372 g/mol. The van der Waals surface area contributed by atoms with E-state index in [0.717, 1.165) is 29.9 Å². The van der Waals surface area contributed by atoms with Crippen molar-refractivity contribution in [1.82, 2.24) is 24.9 Å². The monoisotopic (exact) mass is 372 g/mol. The van der Waals surface area contributed by atoms with Gasteiger partial charge in [-0.3, -0.25) is 4.57 Å². The topological polar surface area (TPSA) is 82.1 Å². The van der Waals surface area contributed by atoms with E-state index in [4.69, 9.17) is 9.26 Å². The summed E-state index contributed by atoms with van der Waals surface area (Å²) in [5.41, 5.74) is 2.24. The van der Waals surface area contributed by atoms with E-state index in [1.807, 2.05) is 12.1 Å². The first kappa shape index (κ1) is 17.0. The number of ether oxygens (including phenoxy) is 1. The Hall–Kier alpha value is -2.39. The number of benzene rings is 1. The quantitative estimate of drug-likeness (QED) is 0.632. The molecule has 0 N–H and O–H groups in total. The van der Waals surface area contributed by atoms with Crippen LogP contribution in [0.15, 0.2) is 33.9 Å². The number of morpholine rings is 1. The fraction of sp³-hybridized carbons (Fsp3) is 0.412. The van der Waals surface area contributed by atoms with Crippen LogP contribution >= 0.6 is 11.8 Å². The van der Waals surface area contributed by atoms with Gasteiger partial charge < -0.3 is 14.2 Å². The average Bonchev–Trinajstić information content (AvgIpc) is 3.27. The molecule has 1 aromatic carbocycles.